The molecular weight excluding hydrogens is 487 g/mol. The number of hydrogen-bond acceptors (Lipinski definition) is 6. The molecule has 2 fully saturated rings. The van der Waals surface area contributed by atoms with Gasteiger partial charge >= 0.3 is 5.69 Å². The number of likely N-dealkylation sites (tertiary alicyclic amines) is 1. The van der Waals surface area contributed by atoms with Gasteiger partial charge in [-0.2, -0.15) is 0 Å². The number of aryl methyl sites for hydroxylation is 1. The van der Waals surface area contributed by atoms with Crippen molar-refractivity contribution in [2.45, 2.75) is 57.0 Å². The molecule has 0 atom stereocenters. The number of hydrogen-bond donors (Lipinski definition) is 2. The van der Waals surface area contributed by atoms with Gasteiger partial charge in [0.2, 0.25) is 10.0 Å². The lowest BCUT2D eigenvalue weighted by Crippen LogP contribution is -2.52. The number of piperidine rings is 1. The number of benzene rings is 1. The van der Waals surface area contributed by atoms with Crippen LogP contribution in [0.5, 0.6) is 5.75 Å². The first-order valence-electron chi connectivity index (χ1n) is 12.6. The Labute approximate surface area is 210 Å². The number of sulfonamides is 1. The van der Waals surface area contributed by atoms with E-state index >= 15 is 0 Å². The molecule has 2 aromatic rings. The van der Waals surface area contributed by atoms with Gasteiger partial charge in [-0.1, -0.05) is 12.5 Å². The largest absolute Gasteiger partial charge is 0.490 e. The first-order chi connectivity index (χ1) is 17.2. The average Bonchev–Trinajstić information content (AvgIpc) is 3.65. The first-order valence-corrected chi connectivity index (χ1v) is 14.2. The molecule has 1 aliphatic heterocycles. The molecule has 0 bridgehead atoms. The summed E-state index contributed by atoms with van der Waals surface area (Å²) in [5.74, 6) is 0.171. The quantitative estimate of drug-likeness (QED) is 0.413. The minimum atomic E-state index is -3.62. The van der Waals surface area contributed by atoms with E-state index in [1.165, 1.54) is 22.9 Å². The summed E-state index contributed by atoms with van der Waals surface area (Å²) in [5.41, 5.74) is -1.01. The van der Waals surface area contributed by atoms with Crippen molar-refractivity contribution < 1.29 is 17.5 Å². The third-order valence-corrected chi connectivity index (χ3v) is 8.58. The normalized spacial score (nSPS) is 18.3. The topological polar surface area (TPSA) is 113 Å². The van der Waals surface area contributed by atoms with Crippen LogP contribution < -0.4 is 20.7 Å². The van der Waals surface area contributed by atoms with Gasteiger partial charge in [-0.25, -0.2) is 22.3 Å². The maximum Gasteiger partial charge on any atom is 0.328 e. The molecule has 36 heavy (non-hydrogen) atoms. The number of nitrogens with zero attached hydrogens (tertiary/aromatic N) is 2. The molecule has 2 N–H and O–H groups in total. The Hall–Kier alpha value is -2.50. The standard InChI is InChI=1S/C25H35FN4O5S/c1-29-14-10-25(11-15-29,20-7-8-21(26)22(17-20)35-18-19-5-6-19)28-36(33,34)16-4-2-3-12-30-13-9-23(31)27-24(30)32/h7-9,13,17,19,28H,2-6,10-12,14-16,18H2,1H3,(H,27,31,32). The van der Waals surface area contributed by atoms with Gasteiger partial charge in [-0.15, -0.1) is 0 Å². The zero-order valence-corrected chi connectivity index (χ0v) is 21.5. The van der Waals surface area contributed by atoms with E-state index in [4.69, 9.17) is 4.74 Å². The fourth-order valence-corrected chi connectivity index (χ4v) is 6.18. The summed E-state index contributed by atoms with van der Waals surface area (Å²) in [5, 5.41) is 0. The Balaban J connectivity index is 1.39. The molecule has 9 nitrogen and oxygen atoms in total. The highest BCUT2D eigenvalue weighted by molar-refractivity contribution is 7.89. The fourth-order valence-electron chi connectivity index (χ4n) is 4.57. The number of halogens is 1. The van der Waals surface area contributed by atoms with Crippen molar-refractivity contribution in [3.63, 3.8) is 0 Å². The Kier molecular flexibility index (Phi) is 8.31. The van der Waals surface area contributed by atoms with Crippen LogP contribution in [-0.2, 0) is 22.1 Å². The Morgan fingerprint density at radius 1 is 1.14 bits per heavy atom. The van der Waals surface area contributed by atoms with Crippen LogP contribution in [0.1, 0.15) is 50.5 Å². The van der Waals surface area contributed by atoms with Gasteiger partial charge in [0.05, 0.1) is 17.9 Å². The monoisotopic (exact) mass is 522 g/mol. The third kappa shape index (κ3) is 7.04. The molecule has 198 valence electrons. The van der Waals surface area contributed by atoms with Crippen molar-refractivity contribution in [1.29, 1.82) is 0 Å². The molecule has 2 aliphatic rings. The Morgan fingerprint density at radius 3 is 2.58 bits per heavy atom. The smallest absolute Gasteiger partial charge is 0.328 e. The zero-order valence-electron chi connectivity index (χ0n) is 20.7. The zero-order chi connectivity index (χ0) is 25.8. The molecule has 0 amide bonds. The molecule has 1 aromatic carbocycles. The molecule has 11 heteroatoms. The summed E-state index contributed by atoms with van der Waals surface area (Å²) in [6, 6.07) is 5.97. The lowest BCUT2D eigenvalue weighted by Gasteiger charge is -2.41. The number of nitrogens with one attached hydrogen (secondary N) is 2. The summed E-state index contributed by atoms with van der Waals surface area (Å²) in [6.07, 6.45) is 6.43. The van der Waals surface area contributed by atoms with Crippen LogP contribution in [0.15, 0.2) is 40.1 Å². The Bertz CT molecular complexity index is 1260. The van der Waals surface area contributed by atoms with Crippen molar-refractivity contribution in [3.8, 4) is 5.75 Å². The molecule has 1 aromatic heterocycles. The highest BCUT2D eigenvalue weighted by Gasteiger charge is 2.39. The highest BCUT2D eigenvalue weighted by atomic mass is 32.2. The van der Waals surface area contributed by atoms with Gasteiger partial charge in [0.1, 0.15) is 0 Å². The molecule has 0 spiro atoms. The molecule has 1 saturated heterocycles. The van der Waals surface area contributed by atoms with Gasteiger partial charge in [0.25, 0.3) is 5.56 Å². The van der Waals surface area contributed by atoms with Crippen LogP contribution in [0.4, 0.5) is 4.39 Å². The van der Waals surface area contributed by atoms with E-state index in [1.54, 1.807) is 12.1 Å². The second-order valence-electron chi connectivity index (χ2n) is 10.1. The van der Waals surface area contributed by atoms with Crippen LogP contribution in [0, 0.1) is 11.7 Å². The lowest BCUT2D eigenvalue weighted by atomic mass is 9.82. The number of aromatic amines is 1. The van der Waals surface area contributed by atoms with Crippen molar-refractivity contribution in [2.24, 2.45) is 5.92 Å². The van der Waals surface area contributed by atoms with Crippen molar-refractivity contribution in [3.05, 3.63) is 62.7 Å². The molecular formula is C25H35FN4O5S. The lowest BCUT2D eigenvalue weighted by molar-refractivity contribution is 0.176. The summed E-state index contributed by atoms with van der Waals surface area (Å²) >= 11 is 0. The molecule has 0 radical (unpaired) electrons. The van der Waals surface area contributed by atoms with Gasteiger partial charge in [0, 0.05) is 18.8 Å². The van der Waals surface area contributed by atoms with Crippen molar-refractivity contribution in [2.75, 3.05) is 32.5 Å². The Morgan fingerprint density at radius 2 is 1.89 bits per heavy atom. The molecule has 4 rings (SSSR count). The van der Waals surface area contributed by atoms with Crippen LogP contribution in [0.2, 0.25) is 0 Å². The number of H-pyrrole nitrogens is 1. The van der Waals surface area contributed by atoms with E-state index in [-0.39, 0.29) is 11.5 Å². The van der Waals surface area contributed by atoms with Crippen LogP contribution in [-0.4, -0.2) is 55.4 Å². The van der Waals surface area contributed by atoms with Crippen molar-refractivity contribution >= 4 is 10.0 Å². The van der Waals surface area contributed by atoms with Gasteiger partial charge < -0.3 is 14.2 Å². The maximum absolute atomic E-state index is 14.4. The second-order valence-corrected chi connectivity index (χ2v) is 11.9. The summed E-state index contributed by atoms with van der Waals surface area (Å²) in [4.78, 5) is 27.3. The van der Waals surface area contributed by atoms with Gasteiger partial charge in [-0.05, 0) is 82.3 Å². The van der Waals surface area contributed by atoms with E-state index in [1.807, 2.05) is 7.05 Å². The average molecular weight is 523 g/mol. The SMILES string of the molecule is CN1CCC(NS(=O)(=O)CCCCCn2ccc(=O)[nH]c2=O)(c2ccc(F)c(OCC3CC3)c2)CC1. The number of ether oxygens (including phenoxy) is 1. The molecule has 2 heterocycles. The molecule has 0 unspecified atom stereocenters. The summed E-state index contributed by atoms with van der Waals surface area (Å²) in [6.45, 7) is 2.31. The number of aromatic nitrogens is 2. The molecule has 1 aliphatic carbocycles. The summed E-state index contributed by atoms with van der Waals surface area (Å²) < 4.78 is 50.8. The predicted molar refractivity (Wildman–Crippen MR) is 135 cm³/mol. The minimum absolute atomic E-state index is 0.0443. The maximum atomic E-state index is 14.4. The van der Waals surface area contributed by atoms with E-state index < -0.39 is 32.6 Å². The molecule has 1 saturated carbocycles. The predicted octanol–water partition coefficient (Wildman–Crippen LogP) is 2.18. The van der Waals surface area contributed by atoms with E-state index in [2.05, 4.69) is 14.6 Å². The number of rotatable bonds is 12. The van der Waals surface area contributed by atoms with E-state index in [0.29, 0.717) is 64.3 Å². The second kappa shape index (κ2) is 11.3. The summed E-state index contributed by atoms with van der Waals surface area (Å²) in [7, 11) is -1.62. The van der Waals surface area contributed by atoms with Gasteiger partial charge in [0.15, 0.2) is 11.6 Å². The highest BCUT2D eigenvalue weighted by Crippen LogP contribution is 2.37. The number of unbranched alkanes of at least 4 members (excludes halogenated alkanes) is 2. The fraction of sp³-hybridized carbons (Fsp3) is 0.600. The van der Waals surface area contributed by atoms with Crippen LogP contribution >= 0.6 is 0 Å². The van der Waals surface area contributed by atoms with Crippen LogP contribution in [0.25, 0.3) is 0 Å². The first kappa shape index (κ1) is 26.6. The van der Waals surface area contributed by atoms with Gasteiger partial charge in [-0.3, -0.25) is 9.78 Å². The van der Waals surface area contributed by atoms with E-state index in [0.717, 1.165) is 18.4 Å². The van der Waals surface area contributed by atoms with E-state index in [9.17, 15) is 22.4 Å². The van der Waals surface area contributed by atoms with Crippen molar-refractivity contribution in [1.82, 2.24) is 19.2 Å². The third-order valence-electron chi connectivity index (χ3n) is 7.06. The van der Waals surface area contributed by atoms with Crippen LogP contribution in [0.3, 0.4) is 0 Å². The minimum Gasteiger partial charge on any atom is -0.490 e.